The monoisotopic (exact) mass is 1770 g/mol. The van der Waals surface area contributed by atoms with Crippen LogP contribution in [0, 0.1) is 0 Å². The molecule has 0 bridgehead atoms. The van der Waals surface area contributed by atoms with Crippen molar-refractivity contribution in [3.05, 3.63) is 0 Å². The first-order valence-electron chi connectivity index (χ1n) is 50.4. The van der Waals surface area contributed by atoms with Crippen LogP contribution in [0.5, 0.6) is 0 Å². The summed E-state index contributed by atoms with van der Waals surface area (Å²) in [5, 5.41) is 14.7. The second-order valence-corrected chi connectivity index (χ2v) is 56.9. The van der Waals surface area contributed by atoms with Crippen molar-refractivity contribution >= 4 is 0 Å². The molecule has 750 valence electrons. The summed E-state index contributed by atoms with van der Waals surface area (Å²) >= 11 is 0. The second kappa shape index (κ2) is 47.8. The molecule has 9 rings (SSSR count). The van der Waals surface area contributed by atoms with E-state index in [4.69, 9.17) is 23.7 Å². The molecule has 9 fully saturated rings. The zero-order chi connectivity index (χ0) is 98.1. The van der Waals surface area contributed by atoms with Crippen LogP contribution in [0.15, 0.2) is 0 Å². The molecule has 0 spiro atoms. The third-order valence-corrected chi connectivity index (χ3v) is 23.9. The Morgan fingerprint density at radius 1 is 0.152 bits per heavy atom. The average Bonchev–Trinajstić information content (AvgIpc) is 1.78. The molecule has 8 atom stereocenters. The molecule has 0 aliphatic carbocycles. The third-order valence-electron chi connectivity index (χ3n) is 23.9. The molecule has 18 heteroatoms. The molecule has 18 nitrogen and oxygen atoms in total. The predicted octanol–water partition coefficient (Wildman–Crippen LogP) is 22.0. The first-order valence-corrected chi connectivity index (χ1v) is 50.4. The second-order valence-electron chi connectivity index (χ2n) is 56.9. The van der Waals surface area contributed by atoms with E-state index in [1.165, 1.54) is 130 Å². The third kappa shape index (κ3) is 57.1. The lowest BCUT2D eigenvalue weighted by Crippen LogP contribution is -2.60. The predicted molar refractivity (Wildman–Crippen MR) is 549 cm³/mol. The Hall–Kier alpha value is -0.720. The SMILES string of the molecule is CC(C)(C)N[C@@H]1CCN(C(C)(C)C)C1.CC(C)(C)N[C@@H]1CCN(C(C)(C)C)C1.CC(C)(C)N[C@H]1CCN(C(C)(C)C)C1.CC(C)(C)N[C@H]1CCN(C(C)(C)C)C1.CC(C)(C)OC1CN(C(C)(C)C)C1.CC(C)(C)O[C@@H]1CCN(C(C)(C)C)C1.CC(C)(C)O[C@@H]1CCN(C(C)(C)C)C1.CC(C)(C)O[C@H]1CCN(C(C)(C)C)C1.CC(C)(C)O[C@H]1CCN(C(C)(C)C)C1. The fourth-order valence-corrected chi connectivity index (χ4v) is 17.7. The van der Waals surface area contributed by atoms with E-state index in [0.717, 1.165) is 39.3 Å². The van der Waals surface area contributed by atoms with Crippen LogP contribution < -0.4 is 21.3 Å². The van der Waals surface area contributed by atoms with Gasteiger partial charge in [-0.3, -0.25) is 44.1 Å². The van der Waals surface area contributed by atoms with E-state index in [1.54, 1.807) is 0 Å². The van der Waals surface area contributed by atoms with Gasteiger partial charge in [0.25, 0.3) is 0 Å². The minimum absolute atomic E-state index is 0.00143. The highest BCUT2D eigenvalue weighted by Crippen LogP contribution is 2.33. The van der Waals surface area contributed by atoms with Crippen LogP contribution in [0.4, 0.5) is 0 Å². The fraction of sp³-hybridized carbons (Fsp3) is 1.00. The molecule has 0 radical (unpaired) electrons. The van der Waals surface area contributed by atoms with E-state index in [-0.39, 0.29) is 72.3 Å². The topological polar surface area (TPSA) is 123 Å². The van der Waals surface area contributed by atoms with Gasteiger partial charge in [0.15, 0.2) is 0 Å². The van der Waals surface area contributed by atoms with E-state index in [9.17, 15) is 0 Å². The van der Waals surface area contributed by atoms with Crippen molar-refractivity contribution in [1.82, 2.24) is 65.4 Å². The van der Waals surface area contributed by atoms with E-state index in [1.807, 2.05) is 0 Å². The number of ether oxygens (including phenoxy) is 5. The number of nitrogens with one attached hydrogen (secondary N) is 4. The van der Waals surface area contributed by atoms with Gasteiger partial charge in [0.2, 0.25) is 0 Å². The van der Waals surface area contributed by atoms with Gasteiger partial charge in [0.1, 0.15) is 0 Å². The molecule has 9 heterocycles. The van der Waals surface area contributed by atoms with Gasteiger partial charge in [-0.2, -0.15) is 0 Å². The maximum absolute atomic E-state index is 5.98. The van der Waals surface area contributed by atoms with E-state index in [2.05, 4.69) is 439 Å². The van der Waals surface area contributed by atoms with Crippen molar-refractivity contribution in [2.75, 3.05) is 118 Å². The highest BCUT2D eigenvalue weighted by Gasteiger charge is 2.42. The van der Waals surface area contributed by atoms with Crippen molar-refractivity contribution in [1.29, 1.82) is 0 Å². The van der Waals surface area contributed by atoms with Crippen molar-refractivity contribution in [3.8, 4) is 0 Å². The number of nitrogens with zero attached hydrogens (tertiary/aromatic N) is 9. The lowest BCUT2D eigenvalue weighted by atomic mass is 9.98. The Kier molecular flexibility index (Phi) is 46.8. The molecule has 0 aromatic heterocycles. The summed E-state index contributed by atoms with van der Waals surface area (Å²) in [4.78, 5) is 22.7. The van der Waals surface area contributed by atoms with E-state index >= 15 is 0 Å². The first-order chi connectivity index (χ1) is 55.2. The number of hydrogen-bond acceptors (Lipinski definition) is 18. The maximum atomic E-state index is 5.98. The van der Waals surface area contributed by atoms with Gasteiger partial charge in [0.05, 0.1) is 58.5 Å². The standard InChI is InChI=1S/4C12H26N2.4C12H25NO.C11H23NO/c4*1-11(2,3)13-10-7-8-14(9-10)12(4,5)6;4*1-11(2,3)13-8-7-10(9-13)14-12(4,5)6;1-10(2,3)12-7-9(8-12)13-11(4,5)6/h4*10,13H,7-9H2,1-6H3;4*10H,7-9H2,1-6H3;9H,7-8H2,1-6H3/t8*10-;/m11001100./s1. The summed E-state index contributed by atoms with van der Waals surface area (Å²) in [6.45, 7) is 141. The maximum Gasteiger partial charge on any atom is 0.0836 e. The highest BCUT2D eigenvalue weighted by atomic mass is 16.5. The van der Waals surface area contributed by atoms with Crippen molar-refractivity contribution < 1.29 is 23.7 Å². The molecular formula is C107H227N13O5. The minimum Gasteiger partial charge on any atom is -0.371 e. The lowest BCUT2D eigenvalue weighted by Gasteiger charge is -2.49. The van der Waals surface area contributed by atoms with Gasteiger partial charge in [-0.25, -0.2) is 0 Å². The molecule has 125 heavy (non-hydrogen) atoms. The number of likely N-dealkylation sites (tertiary alicyclic amines) is 9. The smallest absolute Gasteiger partial charge is 0.0836 e. The van der Waals surface area contributed by atoms with Crippen LogP contribution >= 0.6 is 0 Å². The number of rotatable bonds is 9. The summed E-state index contributed by atoms with van der Waals surface area (Å²) in [6.07, 6.45) is 12.0. The Labute approximate surface area is 782 Å². The van der Waals surface area contributed by atoms with Crippen LogP contribution in [0.25, 0.3) is 0 Å². The molecule has 0 aromatic rings. The molecular weight excluding hydrogens is 1550 g/mol. The summed E-state index contributed by atoms with van der Waals surface area (Å²) < 4.78 is 29.8. The van der Waals surface area contributed by atoms with Gasteiger partial charge in [-0.05, 0) is 425 Å². The van der Waals surface area contributed by atoms with E-state index < -0.39 is 0 Å². The van der Waals surface area contributed by atoms with Crippen molar-refractivity contribution in [3.63, 3.8) is 0 Å². The van der Waals surface area contributed by atoms with Gasteiger partial charge < -0.3 is 45.0 Å². The summed E-state index contributed by atoms with van der Waals surface area (Å²) in [6, 6.07) is 2.70. The van der Waals surface area contributed by atoms with E-state index in [0.29, 0.717) is 82.4 Å². The molecule has 9 aliphatic heterocycles. The summed E-state index contributed by atoms with van der Waals surface area (Å²) in [5.74, 6) is 0. The Morgan fingerprint density at radius 2 is 0.272 bits per heavy atom. The Morgan fingerprint density at radius 3 is 0.384 bits per heavy atom. The van der Waals surface area contributed by atoms with Gasteiger partial charge in [0, 0.05) is 214 Å². The van der Waals surface area contributed by atoms with Gasteiger partial charge in [-0.15, -0.1) is 0 Å². The zero-order valence-corrected chi connectivity index (χ0v) is 94.6. The molecule has 9 saturated heterocycles. The lowest BCUT2D eigenvalue weighted by molar-refractivity contribution is -0.144. The molecule has 0 amide bonds. The van der Waals surface area contributed by atoms with Crippen LogP contribution in [-0.4, -0.2) is 317 Å². The summed E-state index contributed by atoms with van der Waals surface area (Å²) in [7, 11) is 0. The summed E-state index contributed by atoms with van der Waals surface area (Å²) in [5.41, 5.74) is 3.76. The average molecular weight is 1780 g/mol. The fourth-order valence-electron chi connectivity index (χ4n) is 17.7. The number of hydrogen-bond donors (Lipinski definition) is 4. The zero-order valence-electron chi connectivity index (χ0n) is 94.6. The first kappa shape index (κ1) is 122. The Balaban J connectivity index is 0.000000703. The van der Waals surface area contributed by atoms with Crippen molar-refractivity contribution in [2.24, 2.45) is 0 Å². The molecule has 0 unspecified atom stereocenters. The minimum atomic E-state index is -0.00143. The Bertz CT molecular complexity index is 2390. The molecule has 9 aliphatic rings. The van der Waals surface area contributed by atoms with Crippen LogP contribution in [-0.2, 0) is 23.7 Å². The largest absolute Gasteiger partial charge is 0.371 e. The van der Waals surface area contributed by atoms with Crippen LogP contribution in [0.3, 0.4) is 0 Å². The quantitative estimate of drug-likeness (QED) is 0.175. The molecule has 0 aromatic carbocycles. The van der Waals surface area contributed by atoms with Crippen LogP contribution in [0.2, 0.25) is 0 Å². The van der Waals surface area contributed by atoms with Gasteiger partial charge >= 0.3 is 0 Å². The molecule has 0 saturated carbocycles. The van der Waals surface area contributed by atoms with Gasteiger partial charge in [-0.1, -0.05) is 0 Å². The molecule has 4 N–H and O–H groups in total. The highest BCUT2D eigenvalue weighted by molar-refractivity contribution is 4.98. The van der Waals surface area contributed by atoms with Crippen molar-refractivity contribution in [2.45, 2.75) is 580 Å². The van der Waals surface area contributed by atoms with Crippen LogP contribution in [0.1, 0.15) is 425 Å². The normalized spacial score (nSPS) is 25.3.